The number of rotatable bonds is 6. The summed E-state index contributed by atoms with van der Waals surface area (Å²) in [6, 6.07) is 1.37. The molecule has 0 saturated carbocycles. The van der Waals surface area contributed by atoms with Crippen molar-refractivity contribution in [2.24, 2.45) is 0 Å². The van der Waals surface area contributed by atoms with Crippen molar-refractivity contribution in [1.82, 2.24) is 4.98 Å². The number of halogens is 1. The van der Waals surface area contributed by atoms with Gasteiger partial charge in [0.05, 0.1) is 22.1 Å². The molecule has 1 aliphatic heterocycles. The second kappa shape index (κ2) is 6.58. The second-order valence-electron chi connectivity index (χ2n) is 5.42. The highest BCUT2D eigenvalue weighted by molar-refractivity contribution is 6.33. The molecule has 1 atom stereocenters. The van der Waals surface area contributed by atoms with E-state index in [4.69, 9.17) is 16.3 Å². The largest absolute Gasteiger partial charge is 0.382 e. The van der Waals surface area contributed by atoms with Crippen LogP contribution < -0.4 is 4.90 Å². The van der Waals surface area contributed by atoms with Crippen LogP contribution in [0.1, 0.15) is 32.6 Å². The fourth-order valence-electron chi connectivity index (χ4n) is 3.20. The molecule has 21 heavy (non-hydrogen) atoms. The average Bonchev–Trinajstić information content (AvgIpc) is 2.83. The van der Waals surface area contributed by atoms with Crippen LogP contribution in [0.2, 0.25) is 5.02 Å². The molecule has 0 spiro atoms. The lowest BCUT2D eigenvalue weighted by molar-refractivity contribution is -0.385. The van der Waals surface area contributed by atoms with Gasteiger partial charge in [0.25, 0.3) is 5.69 Å². The lowest BCUT2D eigenvalue weighted by Crippen LogP contribution is -2.48. The number of anilines is 1. The van der Waals surface area contributed by atoms with Crippen molar-refractivity contribution >= 4 is 23.1 Å². The number of methoxy groups -OCH3 is 1. The highest BCUT2D eigenvalue weighted by atomic mass is 35.5. The van der Waals surface area contributed by atoms with E-state index in [9.17, 15) is 10.1 Å². The van der Waals surface area contributed by atoms with Gasteiger partial charge in [0, 0.05) is 19.7 Å². The monoisotopic (exact) mass is 313 g/mol. The van der Waals surface area contributed by atoms with E-state index in [2.05, 4.69) is 16.8 Å². The molecule has 1 aromatic heterocycles. The van der Waals surface area contributed by atoms with Gasteiger partial charge in [0.2, 0.25) is 0 Å². The molecule has 0 aliphatic carbocycles. The summed E-state index contributed by atoms with van der Waals surface area (Å²) < 4.78 is 5.41. The zero-order valence-electron chi connectivity index (χ0n) is 12.3. The third kappa shape index (κ3) is 3.11. The lowest BCUT2D eigenvalue weighted by atomic mass is 9.91. The Morgan fingerprint density at radius 3 is 2.95 bits per heavy atom. The van der Waals surface area contributed by atoms with Gasteiger partial charge in [-0.3, -0.25) is 10.1 Å². The minimum atomic E-state index is -0.485. The van der Waals surface area contributed by atoms with Crippen LogP contribution in [0, 0.1) is 10.1 Å². The minimum Gasteiger partial charge on any atom is -0.382 e. The van der Waals surface area contributed by atoms with Gasteiger partial charge in [-0.1, -0.05) is 24.9 Å². The van der Waals surface area contributed by atoms with Gasteiger partial charge in [-0.25, -0.2) is 4.98 Å². The van der Waals surface area contributed by atoms with Gasteiger partial charge >= 0.3 is 0 Å². The van der Waals surface area contributed by atoms with Crippen molar-refractivity contribution < 1.29 is 9.66 Å². The maximum Gasteiger partial charge on any atom is 0.289 e. The number of hydrogen-bond donors (Lipinski definition) is 0. The van der Waals surface area contributed by atoms with Crippen molar-refractivity contribution in [3.8, 4) is 0 Å². The van der Waals surface area contributed by atoms with Gasteiger partial charge < -0.3 is 9.64 Å². The Morgan fingerprint density at radius 2 is 2.38 bits per heavy atom. The molecule has 1 aliphatic rings. The van der Waals surface area contributed by atoms with Crippen LogP contribution in [0.4, 0.5) is 11.5 Å². The van der Waals surface area contributed by atoms with Crippen molar-refractivity contribution in [3.63, 3.8) is 0 Å². The molecule has 0 aromatic carbocycles. The Hall–Kier alpha value is -1.40. The molecule has 1 unspecified atom stereocenters. The molecule has 1 fully saturated rings. The molecule has 6 nitrogen and oxygen atoms in total. The molecule has 0 bridgehead atoms. The van der Waals surface area contributed by atoms with E-state index in [1.54, 1.807) is 7.11 Å². The third-order valence-corrected chi connectivity index (χ3v) is 4.28. The molecule has 7 heteroatoms. The summed E-state index contributed by atoms with van der Waals surface area (Å²) in [5.41, 5.74) is -0.202. The number of nitrogens with zero attached hydrogens (tertiary/aromatic N) is 3. The molecule has 2 heterocycles. The van der Waals surface area contributed by atoms with Gasteiger partial charge in [0.15, 0.2) is 0 Å². The van der Waals surface area contributed by atoms with E-state index in [0.717, 1.165) is 32.2 Å². The SMILES string of the molecule is CCCC1(COC)CCCN1c1ncc([N+](=O)[O-])cc1Cl. The average molecular weight is 314 g/mol. The number of nitro groups is 1. The third-order valence-electron chi connectivity index (χ3n) is 4.00. The van der Waals surface area contributed by atoms with Crippen LogP contribution in [0.15, 0.2) is 12.3 Å². The van der Waals surface area contributed by atoms with Crippen LogP contribution >= 0.6 is 11.6 Å². The standard InChI is InChI=1S/C14H20ClN3O3/c1-3-5-14(10-21-2)6-4-7-17(14)13-12(15)8-11(9-16-13)18(19)20/h8-9H,3-7,10H2,1-2H3. The predicted octanol–water partition coefficient (Wildman–Crippen LogP) is 3.43. The maximum absolute atomic E-state index is 10.8. The molecule has 1 aromatic rings. The van der Waals surface area contributed by atoms with E-state index < -0.39 is 4.92 Å². The zero-order valence-corrected chi connectivity index (χ0v) is 13.1. The van der Waals surface area contributed by atoms with Gasteiger partial charge in [-0.2, -0.15) is 0 Å². The number of ether oxygens (including phenoxy) is 1. The highest BCUT2D eigenvalue weighted by Crippen LogP contribution is 2.40. The van der Waals surface area contributed by atoms with E-state index in [0.29, 0.717) is 17.4 Å². The quantitative estimate of drug-likeness (QED) is 0.594. The van der Waals surface area contributed by atoms with Crippen LogP contribution in [-0.2, 0) is 4.74 Å². The van der Waals surface area contributed by atoms with Crippen LogP contribution in [0.25, 0.3) is 0 Å². The highest BCUT2D eigenvalue weighted by Gasteiger charge is 2.41. The predicted molar refractivity (Wildman–Crippen MR) is 82.0 cm³/mol. The van der Waals surface area contributed by atoms with E-state index in [1.807, 2.05) is 0 Å². The lowest BCUT2D eigenvalue weighted by Gasteiger charge is -2.39. The first-order valence-corrected chi connectivity index (χ1v) is 7.48. The molecule has 116 valence electrons. The molecule has 1 saturated heterocycles. The smallest absolute Gasteiger partial charge is 0.289 e. The molecular formula is C14H20ClN3O3. The van der Waals surface area contributed by atoms with Crippen LogP contribution in [0.3, 0.4) is 0 Å². The summed E-state index contributed by atoms with van der Waals surface area (Å²) in [5.74, 6) is 0.616. The summed E-state index contributed by atoms with van der Waals surface area (Å²) in [6.07, 6.45) is 5.34. The molecule has 0 N–H and O–H groups in total. The first-order chi connectivity index (χ1) is 10.0. The van der Waals surface area contributed by atoms with E-state index >= 15 is 0 Å². The summed E-state index contributed by atoms with van der Waals surface area (Å²) in [7, 11) is 1.69. The van der Waals surface area contributed by atoms with Gasteiger partial charge in [-0.05, 0) is 19.3 Å². The summed E-state index contributed by atoms with van der Waals surface area (Å²) in [4.78, 5) is 16.7. The number of pyridine rings is 1. The Morgan fingerprint density at radius 1 is 1.62 bits per heavy atom. The first kappa shape index (κ1) is 16.0. The minimum absolute atomic E-state index is 0.0872. The zero-order chi connectivity index (χ0) is 15.5. The Labute approximate surface area is 129 Å². The van der Waals surface area contributed by atoms with Crippen molar-refractivity contribution in [1.29, 1.82) is 0 Å². The van der Waals surface area contributed by atoms with Gasteiger partial charge in [0.1, 0.15) is 12.0 Å². The summed E-state index contributed by atoms with van der Waals surface area (Å²) >= 11 is 6.23. The molecule has 0 amide bonds. The Kier molecular flexibility index (Phi) is 5.00. The van der Waals surface area contributed by atoms with Crippen molar-refractivity contribution in [3.05, 3.63) is 27.4 Å². The van der Waals surface area contributed by atoms with E-state index in [-0.39, 0.29) is 11.2 Å². The summed E-state index contributed by atoms with van der Waals surface area (Å²) in [5, 5.41) is 11.1. The van der Waals surface area contributed by atoms with Crippen LogP contribution in [0.5, 0.6) is 0 Å². The first-order valence-electron chi connectivity index (χ1n) is 7.10. The topological polar surface area (TPSA) is 68.5 Å². The number of hydrogen-bond acceptors (Lipinski definition) is 5. The van der Waals surface area contributed by atoms with Crippen molar-refractivity contribution in [2.45, 2.75) is 38.1 Å². The maximum atomic E-state index is 10.8. The second-order valence-corrected chi connectivity index (χ2v) is 5.83. The normalized spacial score (nSPS) is 21.8. The van der Waals surface area contributed by atoms with E-state index in [1.165, 1.54) is 12.3 Å². The summed E-state index contributed by atoms with van der Waals surface area (Å²) in [6.45, 7) is 3.59. The fourth-order valence-corrected chi connectivity index (χ4v) is 3.47. The molecule has 2 rings (SSSR count). The van der Waals surface area contributed by atoms with Crippen LogP contribution in [-0.4, -0.2) is 35.7 Å². The Balaban J connectivity index is 2.36. The fraction of sp³-hybridized carbons (Fsp3) is 0.643. The van der Waals surface area contributed by atoms with Crippen molar-refractivity contribution in [2.75, 3.05) is 25.2 Å². The van der Waals surface area contributed by atoms with Gasteiger partial charge in [-0.15, -0.1) is 0 Å². The Bertz CT molecular complexity index is 518. The number of aromatic nitrogens is 1. The molecule has 0 radical (unpaired) electrons. The molecular weight excluding hydrogens is 294 g/mol.